The third-order valence-electron chi connectivity index (χ3n) is 4.97. The molecule has 2 N–H and O–H groups in total. The zero-order valence-corrected chi connectivity index (χ0v) is 18.5. The van der Waals surface area contributed by atoms with E-state index < -0.39 is 11.7 Å². The van der Waals surface area contributed by atoms with E-state index in [1.807, 2.05) is 74.5 Å². The topological polar surface area (TPSA) is 84.1 Å². The van der Waals surface area contributed by atoms with Gasteiger partial charge in [-0.1, -0.05) is 56.3 Å². The quantitative estimate of drug-likeness (QED) is 0.326. The summed E-state index contributed by atoms with van der Waals surface area (Å²) in [6, 6.07) is 22.7. The lowest BCUT2D eigenvalue weighted by atomic mass is 10.1. The number of carbonyl (C=O) groups is 2. The summed E-state index contributed by atoms with van der Waals surface area (Å²) in [5.41, 5.74) is 3.30. The second-order valence-corrected chi connectivity index (χ2v) is 8.17. The number of rotatable bonds is 8. The number of benzene rings is 3. The summed E-state index contributed by atoms with van der Waals surface area (Å²) >= 11 is 0. The van der Waals surface area contributed by atoms with Crippen molar-refractivity contribution in [1.29, 1.82) is 0 Å². The molecular formula is C27H25N3O3. The Bertz CT molecular complexity index is 1310. The second kappa shape index (κ2) is 9.96. The summed E-state index contributed by atoms with van der Waals surface area (Å²) in [6.45, 7) is 3.80. The first-order valence-electron chi connectivity index (χ1n) is 10.8. The molecule has 0 bridgehead atoms. The van der Waals surface area contributed by atoms with Gasteiger partial charge in [0.25, 0.3) is 5.91 Å². The summed E-state index contributed by atoms with van der Waals surface area (Å²) in [5.74, 6) is 0.259. The maximum Gasteiger partial charge on any atom is 0.291 e. The number of aromatic nitrogens is 2. The third-order valence-corrected chi connectivity index (χ3v) is 4.97. The van der Waals surface area contributed by atoms with Crippen LogP contribution < -0.4 is 10.1 Å². The maximum atomic E-state index is 12.1. The fourth-order valence-electron chi connectivity index (χ4n) is 3.39. The molecule has 0 unspecified atom stereocenters. The van der Waals surface area contributed by atoms with Crippen molar-refractivity contribution in [1.82, 2.24) is 10.2 Å². The number of hydrogen-bond acceptors (Lipinski definition) is 4. The van der Waals surface area contributed by atoms with Crippen LogP contribution in [0.4, 0.5) is 5.69 Å². The highest BCUT2D eigenvalue weighted by molar-refractivity contribution is 6.40. The summed E-state index contributed by atoms with van der Waals surface area (Å²) in [7, 11) is 0. The number of ketones is 1. The number of amides is 1. The molecule has 4 rings (SSSR count). The summed E-state index contributed by atoms with van der Waals surface area (Å²) < 4.78 is 5.97. The van der Waals surface area contributed by atoms with Gasteiger partial charge in [-0.05, 0) is 41.8 Å². The van der Waals surface area contributed by atoms with Gasteiger partial charge in [-0.25, -0.2) is 0 Å². The fraction of sp³-hybridized carbons (Fsp3) is 0.148. The number of Topliss-reactive ketones (excluding diaryl/α,β-unsaturated/α-hetero) is 1. The van der Waals surface area contributed by atoms with E-state index in [-0.39, 0.29) is 12.3 Å². The molecule has 4 aromatic rings. The molecule has 0 aliphatic carbocycles. The lowest BCUT2D eigenvalue weighted by molar-refractivity contribution is -0.135. The van der Waals surface area contributed by atoms with E-state index >= 15 is 0 Å². The molecule has 1 aromatic heterocycles. The Morgan fingerprint density at radius 3 is 2.55 bits per heavy atom. The number of aromatic amines is 1. The van der Waals surface area contributed by atoms with Crippen molar-refractivity contribution >= 4 is 40.4 Å². The third kappa shape index (κ3) is 5.74. The second-order valence-electron chi connectivity index (χ2n) is 8.17. The van der Waals surface area contributed by atoms with Crippen molar-refractivity contribution in [3.8, 4) is 11.5 Å². The Morgan fingerprint density at radius 2 is 1.76 bits per heavy atom. The predicted octanol–water partition coefficient (Wildman–Crippen LogP) is 6.08. The SMILES string of the molecule is CC(C)CC(=O)C(=O)Nc1cccc(Oc2ccc3c(/C=C/c4ccccc4)n[nH]c3c2)c1. The Hall–Kier alpha value is -4.19. The normalized spacial score (nSPS) is 11.2. The summed E-state index contributed by atoms with van der Waals surface area (Å²) in [5, 5.41) is 11.1. The van der Waals surface area contributed by atoms with Gasteiger partial charge in [0.05, 0.1) is 11.2 Å². The van der Waals surface area contributed by atoms with Crippen molar-refractivity contribution in [2.45, 2.75) is 20.3 Å². The highest BCUT2D eigenvalue weighted by Crippen LogP contribution is 2.28. The van der Waals surface area contributed by atoms with E-state index in [0.29, 0.717) is 17.2 Å². The van der Waals surface area contributed by atoms with Crippen molar-refractivity contribution in [3.63, 3.8) is 0 Å². The van der Waals surface area contributed by atoms with Crippen LogP contribution >= 0.6 is 0 Å². The van der Waals surface area contributed by atoms with Crippen LogP contribution in [0.25, 0.3) is 23.1 Å². The van der Waals surface area contributed by atoms with Crippen molar-refractivity contribution < 1.29 is 14.3 Å². The number of ether oxygens (including phenoxy) is 1. The van der Waals surface area contributed by atoms with Gasteiger partial charge in [-0.15, -0.1) is 0 Å². The number of hydrogen-bond donors (Lipinski definition) is 2. The molecule has 0 aliphatic heterocycles. The molecule has 6 heteroatoms. The molecule has 0 atom stereocenters. The molecule has 3 aromatic carbocycles. The minimum atomic E-state index is -0.615. The number of carbonyl (C=O) groups excluding carboxylic acids is 2. The molecule has 0 fully saturated rings. The number of H-pyrrole nitrogens is 1. The van der Waals surface area contributed by atoms with Gasteiger partial charge in [0.1, 0.15) is 11.5 Å². The zero-order valence-electron chi connectivity index (χ0n) is 18.5. The fourth-order valence-corrected chi connectivity index (χ4v) is 3.39. The number of nitrogens with one attached hydrogen (secondary N) is 2. The molecule has 0 saturated heterocycles. The number of nitrogens with zero attached hydrogens (tertiary/aromatic N) is 1. The van der Waals surface area contributed by atoms with Crippen LogP contribution in [-0.2, 0) is 9.59 Å². The standard InChI is InChI=1S/C27H25N3O3/c1-18(2)15-26(31)27(32)28-20-9-6-10-21(16-20)33-22-12-13-23-24(29-30-25(23)17-22)14-11-19-7-4-3-5-8-19/h3-14,16-18H,15H2,1-2H3,(H,28,32)(H,29,30)/b14-11+. The van der Waals surface area contributed by atoms with E-state index in [4.69, 9.17) is 4.74 Å². The molecule has 1 amide bonds. The first kappa shape index (κ1) is 22.0. The number of fused-ring (bicyclic) bond motifs is 1. The molecule has 0 spiro atoms. The molecule has 1 heterocycles. The smallest absolute Gasteiger partial charge is 0.291 e. The van der Waals surface area contributed by atoms with E-state index in [1.165, 1.54) is 0 Å². The minimum Gasteiger partial charge on any atom is -0.457 e. The monoisotopic (exact) mass is 439 g/mol. The van der Waals surface area contributed by atoms with Crippen molar-refractivity contribution in [2.75, 3.05) is 5.32 Å². The van der Waals surface area contributed by atoms with E-state index in [2.05, 4.69) is 15.5 Å². The van der Waals surface area contributed by atoms with Crippen LogP contribution in [0.15, 0.2) is 72.8 Å². The van der Waals surface area contributed by atoms with Crippen LogP contribution in [0.3, 0.4) is 0 Å². The highest BCUT2D eigenvalue weighted by atomic mass is 16.5. The van der Waals surface area contributed by atoms with Crippen molar-refractivity contribution in [3.05, 3.63) is 84.1 Å². The molecule has 6 nitrogen and oxygen atoms in total. The Kier molecular flexibility index (Phi) is 6.64. The van der Waals surface area contributed by atoms with Crippen molar-refractivity contribution in [2.24, 2.45) is 5.92 Å². The van der Waals surface area contributed by atoms with Gasteiger partial charge in [0.15, 0.2) is 0 Å². The van der Waals surface area contributed by atoms with Gasteiger partial charge in [0.2, 0.25) is 5.78 Å². The van der Waals surface area contributed by atoms with Gasteiger partial charge in [-0.3, -0.25) is 14.7 Å². The van der Waals surface area contributed by atoms with E-state index in [0.717, 1.165) is 22.2 Å². The predicted molar refractivity (Wildman–Crippen MR) is 131 cm³/mol. The lowest BCUT2D eigenvalue weighted by Crippen LogP contribution is -2.23. The molecule has 0 saturated carbocycles. The first-order valence-corrected chi connectivity index (χ1v) is 10.8. The highest BCUT2D eigenvalue weighted by Gasteiger charge is 2.15. The average Bonchev–Trinajstić information content (AvgIpc) is 3.20. The molecule has 166 valence electrons. The number of anilines is 1. The van der Waals surface area contributed by atoms with Gasteiger partial charge in [-0.2, -0.15) is 5.10 Å². The Labute approximate surface area is 192 Å². The van der Waals surface area contributed by atoms with Crippen LogP contribution in [0.2, 0.25) is 0 Å². The molecular weight excluding hydrogens is 414 g/mol. The Morgan fingerprint density at radius 1 is 0.970 bits per heavy atom. The van der Waals surface area contributed by atoms with Crippen LogP contribution in [-0.4, -0.2) is 21.9 Å². The Balaban J connectivity index is 1.46. The molecule has 0 aliphatic rings. The lowest BCUT2D eigenvalue weighted by Gasteiger charge is -2.09. The molecule has 0 radical (unpaired) electrons. The average molecular weight is 440 g/mol. The van der Waals surface area contributed by atoms with Crippen LogP contribution in [0, 0.1) is 5.92 Å². The van der Waals surface area contributed by atoms with E-state index in [9.17, 15) is 9.59 Å². The summed E-state index contributed by atoms with van der Waals surface area (Å²) in [4.78, 5) is 24.0. The largest absolute Gasteiger partial charge is 0.457 e. The molecule has 33 heavy (non-hydrogen) atoms. The van der Waals surface area contributed by atoms with Crippen LogP contribution in [0.5, 0.6) is 11.5 Å². The van der Waals surface area contributed by atoms with E-state index in [1.54, 1.807) is 24.3 Å². The van der Waals surface area contributed by atoms with Crippen LogP contribution in [0.1, 0.15) is 31.5 Å². The van der Waals surface area contributed by atoms with Gasteiger partial charge >= 0.3 is 0 Å². The summed E-state index contributed by atoms with van der Waals surface area (Å²) in [6.07, 6.45) is 4.21. The minimum absolute atomic E-state index is 0.129. The zero-order chi connectivity index (χ0) is 23.2. The first-order chi connectivity index (χ1) is 16.0. The van der Waals surface area contributed by atoms with Gasteiger partial charge in [0, 0.05) is 29.6 Å². The van der Waals surface area contributed by atoms with Gasteiger partial charge < -0.3 is 10.1 Å². The maximum absolute atomic E-state index is 12.1.